The van der Waals surface area contributed by atoms with Gasteiger partial charge in [0.25, 0.3) is 0 Å². The Morgan fingerprint density at radius 1 is 1.23 bits per heavy atom. The number of aliphatic hydroxyl groups excluding tert-OH is 1. The van der Waals surface area contributed by atoms with E-state index in [4.69, 9.17) is 4.74 Å². The zero-order valence-corrected chi connectivity index (χ0v) is 12.8. The lowest BCUT2D eigenvalue weighted by Crippen LogP contribution is -2.53. The first-order valence-corrected chi connectivity index (χ1v) is 7.37. The molecule has 124 valence electrons. The van der Waals surface area contributed by atoms with Gasteiger partial charge in [0, 0.05) is 12.6 Å². The monoisotopic (exact) mass is 317 g/mol. The summed E-state index contributed by atoms with van der Waals surface area (Å²) in [4.78, 5) is 0. The van der Waals surface area contributed by atoms with Gasteiger partial charge in [0.05, 0.1) is 30.8 Å². The Balaban J connectivity index is 2.07. The molecular weight excluding hydrogens is 295 g/mol. The van der Waals surface area contributed by atoms with Gasteiger partial charge in [-0.1, -0.05) is 26.0 Å². The van der Waals surface area contributed by atoms with Crippen molar-refractivity contribution in [1.82, 2.24) is 5.32 Å². The van der Waals surface area contributed by atoms with Crippen LogP contribution in [0.15, 0.2) is 24.3 Å². The van der Waals surface area contributed by atoms with Crippen molar-refractivity contribution in [3.8, 4) is 0 Å². The molecule has 1 fully saturated rings. The second-order valence-corrected chi connectivity index (χ2v) is 6.37. The van der Waals surface area contributed by atoms with Gasteiger partial charge in [0.1, 0.15) is 0 Å². The maximum Gasteiger partial charge on any atom is 0.416 e. The van der Waals surface area contributed by atoms with Gasteiger partial charge in [-0.25, -0.2) is 0 Å². The van der Waals surface area contributed by atoms with Crippen molar-refractivity contribution >= 4 is 0 Å². The molecule has 0 bridgehead atoms. The topological polar surface area (TPSA) is 41.5 Å². The van der Waals surface area contributed by atoms with Crippen molar-refractivity contribution in [2.45, 2.75) is 26.1 Å². The standard InChI is InChI=1S/C16H22F3NO2/c1-11(2)14(20-7-15(8-21)9-22-10-15)12-3-5-13(6-4-12)16(17,18)19/h3-6,11,14,20-21H,7-10H2,1-2H3. The minimum Gasteiger partial charge on any atom is -0.396 e. The lowest BCUT2D eigenvalue weighted by atomic mass is 9.85. The molecule has 3 nitrogen and oxygen atoms in total. The Labute approximate surface area is 128 Å². The average Bonchev–Trinajstić information content (AvgIpc) is 2.41. The second-order valence-electron chi connectivity index (χ2n) is 6.37. The Kier molecular flexibility index (Phi) is 5.14. The van der Waals surface area contributed by atoms with Crippen LogP contribution >= 0.6 is 0 Å². The maximum atomic E-state index is 12.6. The quantitative estimate of drug-likeness (QED) is 0.847. The number of nitrogens with one attached hydrogen (secondary N) is 1. The minimum atomic E-state index is -4.32. The number of benzene rings is 1. The fourth-order valence-corrected chi connectivity index (χ4v) is 2.58. The summed E-state index contributed by atoms with van der Waals surface area (Å²) >= 11 is 0. The highest BCUT2D eigenvalue weighted by Gasteiger charge is 2.38. The molecule has 0 spiro atoms. The largest absolute Gasteiger partial charge is 0.416 e. The zero-order valence-electron chi connectivity index (χ0n) is 12.8. The first-order valence-electron chi connectivity index (χ1n) is 7.37. The van der Waals surface area contributed by atoms with E-state index < -0.39 is 11.7 Å². The highest BCUT2D eigenvalue weighted by Crippen LogP contribution is 2.32. The summed E-state index contributed by atoms with van der Waals surface area (Å²) < 4.78 is 43.0. The fraction of sp³-hybridized carbons (Fsp3) is 0.625. The predicted molar refractivity (Wildman–Crippen MR) is 77.4 cm³/mol. The van der Waals surface area contributed by atoms with Crippen LogP contribution < -0.4 is 5.32 Å². The predicted octanol–water partition coefficient (Wildman–Crippen LogP) is 3.00. The first kappa shape index (κ1) is 17.2. The van der Waals surface area contributed by atoms with E-state index in [1.165, 1.54) is 12.1 Å². The van der Waals surface area contributed by atoms with E-state index in [0.29, 0.717) is 19.8 Å². The van der Waals surface area contributed by atoms with Crippen LogP contribution in [0.4, 0.5) is 13.2 Å². The lowest BCUT2D eigenvalue weighted by molar-refractivity contribution is -0.137. The van der Waals surface area contributed by atoms with Crippen LogP contribution in [0.2, 0.25) is 0 Å². The van der Waals surface area contributed by atoms with Crippen molar-refractivity contribution in [1.29, 1.82) is 0 Å². The summed E-state index contributed by atoms with van der Waals surface area (Å²) in [5.41, 5.74) is -0.0895. The summed E-state index contributed by atoms with van der Waals surface area (Å²) in [7, 11) is 0. The van der Waals surface area contributed by atoms with Gasteiger partial charge in [-0.2, -0.15) is 13.2 Å². The van der Waals surface area contributed by atoms with E-state index in [1.807, 2.05) is 13.8 Å². The van der Waals surface area contributed by atoms with Crippen LogP contribution in [0.1, 0.15) is 31.0 Å². The van der Waals surface area contributed by atoms with E-state index in [1.54, 1.807) is 0 Å². The van der Waals surface area contributed by atoms with Crippen LogP contribution in [0.5, 0.6) is 0 Å². The molecule has 0 amide bonds. The summed E-state index contributed by atoms with van der Waals surface area (Å²) in [6.07, 6.45) is -4.32. The highest BCUT2D eigenvalue weighted by molar-refractivity contribution is 5.27. The van der Waals surface area contributed by atoms with Gasteiger partial charge in [-0.3, -0.25) is 0 Å². The Morgan fingerprint density at radius 2 is 1.82 bits per heavy atom. The summed E-state index contributed by atoms with van der Waals surface area (Å²) in [5.74, 6) is 0.216. The van der Waals surface area contributed by atoms with E-state index in [2.05, 4.69) is 5.32 Å². The number of hydrogen-bond acceptors (Lipinski definition) is 3. The zero-order chi connectivity index (χ0) is 16.4. The van der Waals surface area contributed by atoms with E-state index in [9.17, 15) is 18.3 Å². The van der Waals surface area contributed by atoms with Crippen LogP contribution in [0.3, 0.4) is 0 Å². The summed E-state index contributed by atoms with van der Waals surface area (Å²) in [6.45, 7) is 5.66. The number of hydrogen-bond donors (Lipinski definition) is 2. The molecule has 0 radical (unpaired) electrons. The van der Waals surface area contributed by atoms with Crippen molar-refractivity contribution in [3.05, 3.63) is 35.4 Å². The molecular formula is C16H22F3NO2. The maximum absolute atomic E-state index is 12.6. The Morgan fingerprint density at radius 3 is 2.18 bits per heavy atom. The van der Waals surface area contributed by atoms with Crippen LogP contribution in [-0.4, -0.2) is 31.5 Å². The van der Waals surface area contributed by atoms with Crippen molar-refractivity contribution < 1.29 is 23.0 Å². The Bertz CT molecular complexity index is 476. The molecule has 0 aromatic heterocycles. The average molecular weight is 317 g/mol. The molecule has 1 aliphatic heterocycles. The highest BCUT2D eigenvalue weighted by atomic mass is 19.4. The van der Waals surface area contributed by atoms with E-state index in [-0.39, 0.29) is 24.0 Å². The molecule has 2 N–H and O–H groups in total. The molecule has 6 heteroatoms. The number of rotatable bonds is 6. The number of ether oxygens (including phenoxy) is 1. The smallest absolute Gasteiger partial charge is 0.396 e. The third-order valence-electron chi connectivity index (χ3n) is 4.11. The molecule has 22 heavy (non-hydrogen) atoms. The number of alkyl halides is 3. The SMILES string of the molecule is CC(C)C(NCC1(CO)COC1)c1ccc(C(F)(F)F)cc1. The molecule has 1 aromatic carbocycles. The number of halogens is 3. The van der Waals surface area contributed by atoms with Gasteiger partial charge >= 0.3 is 6.18 Å². The van der Waals surface area contributed by atoms with Gasteiger partial charge in [-0.15, -0.1) is 0 Å². The van der Waals surface area contributed by atoms with Crippen molar-refractivity contribution in [2.75, 3.05) is 26.4 Å². The molecule has 1 heterocycles. The van der Waals surface area contributed by atoms with Crippen LogP contribution in [0.25, 0.3) is 0 Å². The molecule has 1 aliphatic rings. The molecule has 1 unspecified atom stereocenters. The normalized spacial score (nSPS) is 19.0. The van der Waals surface area contributed by atoms with E-state index >= 15 is 0 Å². The van der Waals surface area contributed by atoms with E-state index in [0.717, 1.165) is 17.7 Å². The molecule has 1 aromatic rings. The lowest BCUT2D eigenvalue weighted by Gasteiger charge is -2.41. The van der Waals surface area contributed by atoms with Gasteiger partial charge in [0.15, 0.2) is 0 Å². The molecule has 1 atom stereocenters. The third kappa shape index (κ3) is 3.80. The van der Waals surface area contributed by atoms with Gasteiger partial charge in [-0.05, 0) is 23.6 Å². The first-order chi connectivity index (χ1) is 10.3. The molecule has 2 rings (SSSR count). The van der Waals surface area contributed by atoms with Gasteiger partial charge < -0.3 is 15.2 Å². The third-order valence-corrected chi connectivity index (χ3v) is 4.11. The van der Waals surface area contributed by atoms with Crippen LogP contribution in [0, 0.1) is 11.3 Å². The van der Waals surface area contributed by atoms with Crippen LogP contribution in [-0.2, 0) is 10.9 Å². The van der Waals surface area contributed by atoms with Crippen molar-refractivity contribution in [2.24, 2.45) is 11.3 Å². The summed E-state index contributed by atoms with van der Waals surface area (Å²) in [6, 6.07) is 5.19. The second kappa shape index (κ2) is 6.56. The van der Waals surface area contributed by atoms with Crippen molar-refractivity contribution in [3.63, 3.8) is 0 Å². The Hall–Kier alpha value is -1.11. The molecule has 0 aliphatic carbocycles. The summed E-state index contributed by atoms with van der Waals surface area (Å²) in [5, 5.41) is 12.8. The van der Waals surface area contributed by atoms with Gasteiger partial charge in [0.2, 0.25) is 0 Å². The molecule has 0 saturated carbocycles. The minimum absolute atomic E-state index is 0.0395. The number of aliphatic hydroxyl groups is 1. The molecule has 1 saturated heterocycles. The fourth-order valence-electron chi connectivity index (χ4n) is 2.58.